The fourth-order valence-corrected chi connectivity index (χ4v) is 2.27. The zero-order chi connectivity index (χ0) is 15.0. The summed E-state index contributed by atoms with van der Waals surface area (Å²) in [5.41, 5.74) is 1.99. The van der Waals surface area contributed by atoms with Gasteiger partial charge >= 0.3 is 0 Å². The van der Waals surface area contributed by atoms with Crippen molar-refractivity contribution in [3.8, 4) is 22.8 Å². The number of aromatic hydroxyl groups is 1. The summed E-state index contributed by atoms with van der Waals surface area (Å²) in [6, 6.07) is 11.8. The number of hydrogen-bond acceptors (Lipinski definition) is 4. The van der Waals surface area contributed by atoms with E-state index in [2.05, 4.69) is 0 Å². The number of aryl methyl sites for hydroxylation is 1. The van der Waals surface area contributed by atoms with Crippen LogP contribution in [0.1, 0.15) is 5.56 Å². The second-order valence-electron chi connectivity index (χ2n) is 4.84. The molecule has 106 valence electrons. The van der Waals surface area contributed by atoms with Crippen molar-refractivity contribution < 1.29 is 14.3 Å². The number of hydrogen-bond donors (Lipinski definition) is 1. The molecule has 1 N–H and O–H groups in total. The third-order valence-corrected chi connectivity index (χ3v) is 3.34. The van der Waals surface area contributed by atoms with Crippen LogP contribution in [-0.2, 0) is 0 Å². The Labute approximate surface area is 121 Å². The Morgan fingerprint density at radius 2 is 1.81 bits per heavy atom. The number of phenols is 1. The van der Waals surface area contributed by atoms with Gasteiger partial charge in [0.25, 0.3) is 0 Å². The van der Waals surface area contributed by atoms with Crippen LogP contribution in [0.15, 0.2) is 51.7 Å². The Hall–Kier alpha value is -2.75. The number of rotatable bonds is 2. The minimum absolute atomic E-state index is 0.150. The molecule has 0 saturated carbocycles. The lowest BCUT2D eigenvalue weighted by molar-refractivity contribution is 0.398. The van der Waals surface area contributed by atoms with Gasteiger partial charge in [0.1, 0.15) is 11.3 Å². The molecule has 3 aromatic rings. The van der Waals surface area contributed by atoms with E-state index >= 15 is 0 Å². The fourth-order valence-electron chi connectivity index (χ4n) is 2.27. The maximum Gasteiger partial charge on any atom is 0.235 e. The number of ether oxygens (including phenoxy) is 1. The highest BCUT2D eigenvalue weighted by molar-refractivity contribution is 5.82. The predicted octanol–water partition coefficient (Wildman–Crippen LogP) is 3.48. The van der Waals surface area contributed by atoms with Crippen LogP contribution in [0.25, 0.3) is 22.3 Å². The van der Waals surface area contributed by atoms with Crippen molar-refractivity contribution in [1.29, 1.82) is 0 Å². The normalized spacial score (nSPS) is 10.8. The van der Waals surface area contributed by atoms with E-state index in [1.165, 1.54) is 19.2 Å². The lowest BCUT2D eigenvalue weighted by Gasteiger charge is -2.09. The number of methoxy groups -OCH3 is 1. The summed E-state index contributed by atoms with van der Waals surface area (Å²) in [5.74, 6) is 0.675. The van der Waals surface area contributed by atoms with Crippen molar-refractivity contribution in [2.75, 3.05) is 7.11 Å². The lowest BCUT2D eigenvalue weighted by atomic mass is 10.1. The Morgan fingerprint density at radius 1 is 1.10 bits per heavy atom. The average Bonchev–Trinajstić information content (AvgIpc) is 2.47. The largest absolute Gasteiger partial charge is 0.508 e. The van der Waals surface area contributed by atoms with Gasteiger partial charge in [-0.15, -0.1) is 0 Å². The van der Waals surface area contributed by atoms with Crippen molar-refractivity contribution in [3.05, 3.63) is 58.3 Å². The molecule has 3 rings (SSSR count). The van der Waals surface area contributed by atoms with E-state index in [9.17, 15) is 9.90 Å². The van der Waals surface area contributed by atoms with Crippen molar-refractivity contribution in [2.24, 2.45) is 0 Å². The first-order valence-electron chi connectivity index (χ1n) is 6.51. The number of fused-ring (bicyclic) bond motifs is 1. The molecule has 0 spiro atoms. The van der Waals surface area contributed by atoms with Gasteiger partial charge in [0.2, 0.25) is 11.2 Å². The molecule has 0 atom stereocenters. The van der Waals surface area contributed by atoms with E-state index in [-0.39, 0.29) is 16.9 Å². The molecule has 0 bridgehead atoms. The summed E-state index contributed by atoms with van der Waals surface area (Å²) in [5, 5.41) is 9.86. The second kappa shape index (κ2) is 4.98. The first-order valence-corrected chi connectivity index (χ1v) is 6.51. The van der Waals surface area contributed by atoms with Crippen LogP contribution in [0, 0.1) is 6.92 Å². The van der Waals surface area contributed by atoms with Gasteiger partial charge in [-0.05, 0) is 48.9 Å². The third kappa shape index (κ3) is 2.25. The second-order valence-corrected chi connectivity index (χ2v) is 4.84. The van der Waals surface area contributed by atoms with Gasteiger partial charge in [-0.3, -0.25) is 4.79 Å². The third-order valence-electron chi connectivity index (χ3n) is 3.34. The van der Waals surface area contributed by atoms with Crippen LogP contribution < -0.4 is 10.2 Å². The molecule has 4 nitrogen and oxygen atoms in total. The van der Waals surface area contributed by atoms with Crippen LogP contribution in [0.3, 0.4) is 0 Å². The molecule has 4 heteroatoms. The first-order chi connectivity index (χ1) is 10.1. The van der Waals surface area contributed by atoms with Crippen LogP contribution in [0.5, 0.6) is 11.5 Å². The SMILES string of the molecule is COc1c(-c2ccc(O)cc2)oc2cc(C)ccc2c1=O. The van der Waals surface area contributed by atoms with Crippen molar-refractivity contribution in [3.63, 3.8) is 0 Å². The Morgan fingerprint density at radius 3 is 2.48 bits per heavy atom. The van der Waals surface area contributed by atoms with Gasteiger partial charge in [0.05, 0.1) is 12.5 Å². The molecule has 0 fully saturated rings. The van der Waals surface area contributed by atoms with Gasteiger partial charge in [0, 0.05) is 5.56 Å². The Bertz CT molecular complexity index is 860. The maximum atomic E-state index is 12.5. The van der Waals surface area contributed by atoms with E-state index in [4.69, 9.17) is 9.15 Å². The van der Waals surface area contributed by atoms with E-state index in [1.54, 1.807) is 18.2 Å². The van der Waals surface area contributed by atoms with Crippen LogP contribution in [0.4, 0.5) is 0 Å². The predicted molar refractivity (Wildman–Crippen MR) is 80.9 cm³/mol. The highest BCUT2D eigenvalue weighted by atomic mass is 16.5. The van der Waals surface area contributed by atoms with Crippen LogP contribution in [0.2, 0.25) is 0 Å². The standard InChI is InChI=1S/C17H14O4/c1-10-3-8-13-14(9-10)21-16(17(20-2)15(13)19)11-4-6-12(18)7-5-11/h3-9,18H,1-2H3. The van der Waals surface area contributed by atoms with E-state index in [0.717, 1.165) is 5.56 Å². The van der Waals surface area contributed by atoms with E-state index in [1.807, 2.05) is 19.1 Å². The zero-order valence-electron chi connectivity index (χ0n) is 11.7. The molecule has 1 heterocycles. The fraction of sp³-hybridized carbons (Fsp3) is 0.118. The molecule has 2 aromatic carbocycles. The summed E-state index contributed by atoms with van der Waals surface area (Å²) < 4.78 is 11.1. The average molecular weight is 282 g/mol. The molecule has 0 saturated heterocycles. The minimum Gasteiger partial charge on any atom is -0.508 e. The molecule has 0 aliphatic rings. The van der Waals surface area contributed by atoms with Crippen LogP contribution in [-0.4, -0.2) is 12.2 Å². The topological polar surface area (TPSA) is 59.7 Å². The molecule has 0 radical (unpaired) electrons. The monoisotopic (exact) mass is 282 g/mol. The lowest BCUT2D eigenvalue weighted by Crippen LogP contribution is -2.07. The highest BCUT2D eigenvalue weighted by Crippen LogP contribution is 2.31. The van der Waals surface area contributed by atoms with E-state index in [0.29, 0.717) is 22.3 Å². The summed E-state index contributed by atoms with van der Waals surface area (Å²) in [6.07, 6.45) is 0. The van der Waals surface area contributed by atoms with E-state index < -0.39 is 0 Å². The molecule has 0 aliphatic carbocycles. The summed E-state index contributed by atoms with van der Waals surface area (Å²) in [6.45, 7) is 1.93. The molecule has 0 amide bonds. The summed E-state index contributed by atoms with van der Waals surface area (Å²) in [4.78, 5) is 12.5. The molecular formula is C17H14O4. The van der Waals surface area contributed by atoms with Gasteiger partial charge in [0.15, 0.2) is 5.76 Å². The molecule has 1 aromatic heterocycles. The van der Waals surface area contributed by atoms with Gasteiger partial charge in [-0.2, -0.15) is 0 Å². The van der Waals surface area contributed by atoms with Crippen LogP contribution >= 0.6 is 0 Å². The summed E-state index contributed by atoms with van der Waals surface area (Å²) in [7, 11) is 1.44. The minimum atomic E-state index is -0.207. The number of benzene rings is 2. The Balaban J connectivity index is 2.35. The first kappa shape index (κ1) is 13.2. The van der Waals surface area contributed by atoms with Gasteiger partial charge in [-0.1, -0.05) is 6.07 Å². The van der Waals surface area contributed by atoms with Crippen molar-refractivity contribution in [2.45, 2.75) is 6.92 Å². The summed E-state index contributed by atoms with van der Waals surface area (Å²) >= 11 is 0. The molecule has 21 heavy (non-hydrogen) atoms. The quantitative estimate of drug-likeness (QED) is 0.781. The maximum absolute atomic E-state index is 12.5. The number of phenolic OH excluding ortho intramolecular Hbond substituents is 1. The molecule has 0 unspecified atom stereocenters. The molecule has 0 aliphatic heterocycles. The zero-order valence-corrected chi connectivity index (χ0v) is 11.7. The van der Waals surface area contributed by atoms with Gasteiger partial charge in [-0.25, -0.2) is 0 Å². The van der Waals surface area contributed by atoms with Crippen molar-refractivity contribution in [1.82, 2.24) is 0 Å². The molecular weight excluding hydrogens is 268 g/mol. The highest BCUT2D eigenvalue weighted by Gasteiger charge is 2.16. The Kier molecular flexibility index (Phi) is 3.14. The smallest absolute Gasteiger partial charge is 0.235 e. The van der Waals surface area contributed by atoms with Crippen molar-refractivity contribution >= 4 is 11.0 Å². The van der Waals surface area contributed by atoms with Gasteiger partial charge < -0.3 is 14.3 Å².